The standard InChI is InChI=1S/C17H16N4O2S/c1-8-13-9(2)19-10(3)20-17(13)24-14(8)16(23)21-12-6-4-5-11(7-12)15(18)22/h4-7H,1-3H3,(H2,18,22)(H,21,23). The second-order valence-electron chi connectivity index (χ2n) is 5.49. The lowest BCUT2D eigenvalue weighted by atomic mass is 10.1. The molecule has 0 spiro atoms. The summed E-state index contributed by atoms with van der Waals surface area (Å²) in [7, 11) is 0. The van der Waals surface area contributed by atoms with Gasteiger partial charge in [-0.2, -0.15) is 0 Å². The predicted octanol–water partition coefficient (Wildman–Crippen LogP) is 2.97. The number of primary amides is 1. The zero-order valence-electron chi connectivity index (χ0n) is 13.5. The topological polar surface area (TPSA) is 98.0 Å². The molecule has 0 aliphatic carbocycles. The maximum absolute atomic E-state index is 12.6. The number of fused-ring (bicyclic) bond motifs is 1. The van der Waals surface area contributed by atoms with E-state index in [0.29, 0.717) is 22.0 Å². The zero-order chi connectivity index (χ0) is 17.4. The molecule has 6 nitrogen and oxygen atoms in total. The number of hydrogen-bond acceptors (Lipinski definition) is 5. The Bertz CT molecular complexity index is 978. The van der Waals surface area contributed by atoms with Gasteiger partial charge in [-0.3, -0.25) is 9.59 Å². The number of nitrogens with two attached hydrogens (primary N) is 1. The molecule has 0 saturated heterocycles. The van der Waals surface area contributed by atoms with Crippen LogP contribution in [0.1, 0.15) is 37.1 Å². The number of amides is 2. The van der Waals surface area contributed by atoms with E-state index >= 15 is 0 Å². The lowest BCUT2D eigenvalue weighted by molar-refractivity contribution is 0.0996. The van der Waals surface area contributed by atoms with Crippen molar-refractivity contribution in [3.8, 4) is 0 Å². The van der Waals surface area contributed by atoms with Crippen molar-refractivity contribution in [2.75, 3.05) is 5.32 Å². The van der Waals surface area contributed by atoms with Gasteiger partial charge < -0.3 is 11.1 Å². The minimum atomic E-state index is -0.537. The van der Waals surface area contributed by atoms with Gasteiger partial charge in [-0.05, 0) is 44.5 Å². The van der Waals surface area contributed by atoms with E-state index in [1.165, 1.54) is 11.3 Å². The predicted molar refractivity (Wildman–Crippen MR) is 94.5 cm³/mol. The van der Waals surface area contributed by atoms with Gasteiger partial charge in [0.05, 0.1) is 4.88 Å². The molecule has 2 aromatic heterocycles. The van der Waals surface area contributed by atoms with Crippen molar-refractivity contribution >= 4 is 39.1 Å². The number of anilines is 1. The van der Waals surface area contributed by atoms with E-state index in [1.807, 2.05) is 20.8 Å². The Morgan fingerprint density at radius 2 is 1.92 bits per heavy atom. The second kappa shape index (κ2) is 6.01. The number of hydrogen-bond donors (Lipinski definition) is 2. The molecule has 0 aliphatic rings. The SMILES string of the molecule is Cc1nc(C)c2c(C)c(C(=O)Nc3cccc(C(N)=O)c3)sc2n1. The van der Waals surface area contributed by atoms with E-state index in [4.69, 9.17) is 5.73 Å². The summed E-state index contributed by atoms with van der Waals surface area (Å²) >= 11 is 1.34. The summed E-state index contributed by atoms with van der Waals surface area (Å²) in [6.07, 6.45) is 0. The maximum Gasteiger partial charge on any atom is 0.266 e. The molecule has 0 saturated carbocycles. The first-order valence-corrected chi connectivity index (χ1v) is 8.14. The first-order chi connectivity index (χ1) is 11.4. The maximum atomic E-state index is 12.6. The Labute approximate surface area is 142 Å². The van der Waals surface area contributed by atoms with Crippen LogP contribution in [0.5, 0.6) is 0 Å². The van der Waals surface area contributed by atoms with Crippen LogP contribution in [0.4, 0.5) is 5.69 Å². The number of carbonyl (C=O) groups is 2. The van der Waals surface area contributed by atoms with Gasteiger partial charge in [0.25, 0.3) is 5.91 Å². The van der Waals surface area contributed by atoms with Crippen molar-refractivity contribution in [3.05, 3.63) is 51.8 Å². The Kier molecular flexibility index (Phi) is 4.02. The van der Waals surface area contributed by atoms with Crippen LogP contribution >= 0.6 is 11.3 Å². The average Bonchev–Trinajstić information content (AvgIpc) is 2.84. The van der Waals surface area contributed by atoms with Gasteiger partial charge in [0.15, 0.2) is 0 Å². The van der Waals surface area contributed by atoms with E-state index in [2.05, 4.69) is 15.3 Å². The first-order valence-electron chi connectivity index (χ1n) is 7.32. The van der Waals surface area contributed by atoms with Gasteiger partial charge in [-0.1, -0.05) is 6.07 Å². The lowest BCUT2D eigenvalue weighted by Crippen LogP contribution is -2.14. The molecular formula is C17H16N4O2S. The summed E-state index contributed by atoms with van der Waals surface area (Å²) in [5, 5.41) is 3.72. The summed E-state index contributed by atoms with van der Waals surface area (Å²) in [6.45, 7) is 5.63. The number of benzene rings is 1. The van der Waals surface area contributed by atoms with Crippen molar-refractivity contribution in [2.45, 2.75) is 20.8 Å². The molecule has 2 heterocycles. The van der Waals surface area contributed by atoms with Crippen LogP contribution in [0.3, 0.4) is 0 Å². The summed E-state index contributed by atoms with van der Waals surface area (Å²) < 4.78 is 0. The minimum Gasteiger partial charge on any atom is -0.366 e. The van der Waals surface area contributed by atoms with Gasteiger partial charge in [0.1, 0.15) is 10.7 Å². The van der Waals surface area contributed by atoms with Gasteiger partial charge >= 0.3 is 0 Å². The Morgan fingerprint density at radius 3 is 2.62 bits per heavy atom. The van der Waals surface area contributed by atoms with Crippen LogP contribution in [0.15, 0.2) is 24.3 Å². The summed E-state index contributed by atoms with van der Waals surface area (Å²) in [5.41, 5.74) is 7.85. The molecule has 24 heavy (non-hydrogen) atoms. The van der Waals surface area contributed by atoms with Crippen LogP contribution in [0, 0.1) is 20.8 Å². The number of nitrogens with one attached hydrogen (secondary N) is 1. The molecule has 1 aromatic carbocycles. The van der Waals surface area contributed by atoms with Gasteiger partial charge in [0, 0.05) is 22.3 Å². The van der Waals surface area contributed by atoms with Crippen LogP contribution in [-0.4, -0.2) is 21.8 Å². The van der Waals surface area contributed by atoms with Crippen molar-refractivity contribution in [3.63, 3.8) is 0 Å². The van der Waals surface area contributed by atoms with Crippen molar-refractivity contribution in [1.29, 1.82) is 0 Å². The van der Waals surface area contributed by atoms with E-state index < -0.39 is 5.91 Å². The van der Waals surface area contributed by atoms with Crippen LogP contribution in [-0.2, 0) is 0 Å². The first kappa shape index (κ1) is 16.1. The molecule has 3 rings (SSSR count). The molecule has 2 amide bonds. The van der Waals surface area contributed by atoms with Crippen LogP contribution in [0.2, 0.25) is 0 Å². The fourth-order valence-electron chi connectivity index (χ4n) is 2.63. The molecule has 0 aliphatic heterocycles. The zero-order valence-corrected chi connectivity index (χ0v) is 14.3. The number of rotatable bonds is 3. The Morgan fingerprint density at radius 1 is 1.17 bits per heavy atom. The molecule has 3 aromatic rings. The molecule has 0 fully saturated rings. The molecule has 0 unspecified atom stereocenters. The van der Waals surface area contributed by atoms with Crippen LogP contribution < -0.4 is 11.1 Å². The van der Waals surface area contributed by atoms with Crippen molar-refractivity contribution < 1.29 is 9.59 Å². The fourth-order valence-corrected chi connectivity index (χ4v) is 3.80. The highest BCUT2D eigenvalue weighted by atomic mass is 32.1. The van der Waals surface area contributed by atoms with Gasteiger partial charge in [-0.25, -0.2) is 9.97 Å². The normalized spacial score (nSPS) is 10.8. The third kappa shape index (κ3) is 2.85. The number of carbonyl (C=O) groups excluding carboxylic acids is 2. The largest absolute Gasteiger partial charge is 0.366 e. The number of thiophene rings is 1. The fraction of sp³-hybridized carbons (Fsp3) is 0.176. The number of nitrogens with zero attached hydrogens (tertiary/aromatic N) is 2. The van der Waals surface area contributed by atoms with E-state index in [9.17, 15) is 9.59 Å². The lowest BCUT2D eigenvalue weighted by Gasteiger charge is -2.05. The highest BCUT2D eigenvalue weighted by molar-refractivity contribution is 7.20. The van der Waals surface area contributed by atoms with E-state index in [1.54, 1.807) is 24.3 Å². The highest BCUT2D eigenvalue weighted by Gasteiger charge is 2.19. The number of aromatic nitrogens is 2. The molecule has 0 atom stereocenters. The van der Waals surface area contributed by atoms with Gasteiger partial charge in [0.2, 0.25) is 5.91 Å². The molecule has 3 N–H and O–H groups in total. The Hall–Kier alpha value is -2.80. The molecule has 7 heteroatoms. The van der Waals surface area contributed by atoms with Crippen LogP contribution in [0.25, 0.3) is 10.2 Å². The number of aryl methyl sites for hydroxylation is 3. The summed E-state index contributed by atoms with van der Waals surface area (Å²) in [4.78, 5) is 34.0. The highest BCUT2D eigenvalue weighted by Crippen LogP contribution is 2.31. The van der Waals surface area contributed by atoms with Crippen molar-refractivity contribution in [2.24, 2.45) is 5.73 Å². The monoisotopic (exact) mass is 340 g/mol. The van der Waals surface area contributed by atoms with E-state index in [0.717, 1.165) is 21.5 Å². The summed E-state index contributed by atoms with van der Waals surface area (Å²) in [6, 6.07) is 6.54. The second-order valence-corrected chi connectivity index (χ2v) is 6.49. The summed E-state index contributed by atoms with van der Waals surface area (Å²) in [5.74, 6) is -0.0953. The van der Waals surface area contributed by atoms with Crippen molar-refractivity contribution in [1.82, 2.24) is 9.97 Å². The van der Waals surface area contributed by atoms with Gasteiger partial charge in [-0.15, -0.1) is 11.3 Å². The molecule has 0 radical (unpaired) electrons. The average molecular weight is 340 g/mol. The van der Waals surface area contributed by atoms with E-state index in [-0.39, 0.29) is 5.91 Å². The third-order valence-electron chi connectivity index (χ3n) is 3.69. The quantitative estimate of drug-likeness (QED) is 0.766. The smallest absolute Gasteiger partial charge is 0.266 e. The third-order valence-corrected chi connectivity index (χ3v) is 4.88. The molecule has 122 valence electrons. The molecule has 0 bridgehead atoms. The molecular weight excluding hydrogens is 324 g/mol. The minimum absolute atomic E-state index is 0.242. The Balaban J connectivity index is 1.97.